The second-order valence-electron chi connectivity index (χ2n) is 14.8. The smallest absolute Gasteiger partial charge is 0.0159 e. The molecule has 0 nitrogen and oxygen atoms in total. The normalized spacial score (nSPS) is 13.5. The highest BCUT2D eigenvalue weighted by Crippen LogP contribution is 2.50. The predicted molar refractivity (Wildman–Crippen MR) is 220 cm³/mol. The maximum Gasteiger partial charge on any atom is 0.0159 e. The van der Waals surface area contributed by atoms with Gasteiger partial charge in [0.15, 0.2) is 0 Å². The van der Waals surface area contributed by atoms with Gasteiger partial charge in [0, 0.05) is 5.41 Å². The highest BCUT2D eigenvalue weighted by molar-refractivity contribution is 6.39. The van der Waals surface area contributed by atoms with Crippen LogP contribution in [0.5, 0.6) is 0 Å². The molecular weight excluding hydrogens is 613 g/mol. The highest BCUT2D eigenvalue weighted by Gasteiger charge is 2.35. The Hall–Kier alpha value is -6.24. The van der Waals surface area contributed by atoms with E-state index in [1.54, 1.807) is 0 Å². The van der Waals surface area contributed by atoms with E-state index in [2.05, 4.69) is 184 Å². The SMILES string of the molecule is CC1(C)c2ccccc2-c2ccc(-c3ccc(-c4ccc5c6ccccc6c6c7ccccc7c7ccccc7c6c5c4)c4ccccc34)cc21. The van der Waals surface area contributed by atoms with E-state index in [0.717, 1.165) is 0 Å². The molecule has 0 atom stereocenters. The van der Waals surface area contributed by atoms with Crippen molar-refractivity contribution < 1.29 is 0 Å². The van der Waals surface area contributed by atoms with Crippen molar-refractivity contribution in [1.82, 2.24) is 0 Å². The van der Waals surface area contributed by atoms with Gasteiger partial charge in [-0.3, -0.25) is 0 Å². The van der Waals surface area contributed by atoms with Crippen LogP contribution in [0.15, 0.2) is 170 Å². The molecule has 11 rings (SSSR count). The topological polar surface area (TPSA) is 0 Å². The molecule has 10 aromatic carbocycles. The first kappa shape index (κ1) is 28.6. The average molecular weight is 647 g/mol. The van der Waals surface area contributed by atoms with Crippen LogP contribution in [0.2, 0.25) is 0 Å². The molecule has 238 valence electrons. The van der Waals surface area contributed by atoms with E-state index in [4.69, 9.17) is 0 Å². The minimum atomic E-state index is -0.0365. The van der Waals surface area contributed by atoms with E-state index < -0.39 is 0 Å². The van der Waals surface area contributed by atoms with Gasteiger partial charge in [0.25, 0.3) is 0 Å². The second kappa shape index (κ2) is 10.4. The fourth-order valence-corrected chi connectivity index (χ4v) is 9.46. The molecule has 0 heterocycles. The number of hydrogen-bond acceptors (Lipinski definition) is 0. The summed E-state index contributed by atoms with van der Waals surface area (Å²) in [6.45, 7) is 4.72. The Labute approximate surface area is 297 Å². The molecule has 10 aromatic rings. The molecule has 51 heavy (non-hydrogen) atoms. The summed E-state index contributed by atoms with van der Waals surface area (Å²) < 4.78 is 0. The first-order valence-corrected chi connectivity index (χ1v) is 18.0. The molecule has 0 radical (unpaired) electrons. The van der Waals surface area contributed by atoms with Gasteiger partial charge in [-0.1, -0.05) is 172 Å². The summed E-state index contributed by atoms with van der Waals surface area (Å²) >= 11 is 0. The number of hydrogen-bond donors (Lipinski definition) is 0. The van der Waals surface area contributed by atoms with E-state index >= 15 is 0 Å². The van der Waals surface area contributed by atoms with Gasteiger partial charge in [0.2, 0.25) is 0 Å². The van der Waals surface area contributed by atoms with Crippen molar-refractivity contribution in [1.29, 1.82) is 0 Å². The van der Waals surface area contributed by atoms with Crippen molar-refractivity contribution in [3.05, 3.63) is 181 Å². The van der Waals surface area contributed by atoms with Gasteiger partial charge in [0.1, 0.15) is 0 Å². The van der Waals surface area contributed by atoms with Crippen LogP contribution >= 0.6 is 0 Å². The van der Waals surface area contributed by atoms with E-state index in [1.807, 2.05) is 0 Å². The summed E-state index contributed by atoms with van der Waals surface area (Å²) in [4.78, 5) is 0. The molecule has 0 saturated carbocycles. The zero-order chi connectivity index (χ0) is 33.8. The lowest BCUT2D eigenvalue weighted by atomic mass is 9.81. The monoisotopic (exact) mass is 646 g/mol. The Bertz CT molecular complexity index is 3090. The van der Waals surface area contributed by atoms with E-state index in [1.165, 1.54) is 109 Å². The van der Waals surface area contributed by atoms with Gasteiger partial charge in [-0.25, -0.2) is 0 Å². The molecule has 0 spiro atoms. The molecule has 0 bridgehead atoms. The molecular formula is C51H34. The van der Waals surface area contributed by atoms with Crippen molar-refractivity contribution in [2.45, 2.75) is 19.3 Å². The van der Waals surface area contributed by atoms with Crippen LogP contribution in [0.3, 0.4) is 0 Å². The van der Waals surface area contributed by atoms with Crippen LogP contribution in [-0.4, -0.2) is 0 Å². The molecule has 1 aliphatic carbocycles. The summed E-state index contributed by atoms with van der Waals surface area (Å²) in [5.74, 6) is 0. The quantitative estimate of drug-likeness (QED) is 0.164. The van der Waals surface area contributed by atoms with Gasteiger partial charge in [-0.2, -0.15) is 0 Å². The van der Waals surface area contributed by atoms with Crippen molar-refractivity contribution >= 4 is 64.6 Å². The molecule has 0 aromatic heterocycles. The van der Waals surface area contributed by atoms with Crippen molar-refractivity contribution in [3.63, 3.8) is 0 Å². The lowest BCUT2D eigenvalue weighted by Gasteiger charge is -2.22. The maximum absolute atomic E-state index is 2.46. The third kappa shape index (κ3) is 3.91. The molecule has 1 aliphatic rings. The zero-order valence-electron chi connectivity index (χ0n) is 28.7. The van der Waals surface area contributed by atoms with Crippen LogP contribution in [0.1, 0.15) is 25.0 Å². The summed E-state index contributed by atoms with van der Waals surface area (Å²) in [6.07, 6.45) is 0. The Kier molecular flexibility index (Phi) is 5.82. The Balaban J connectivity index is 1.17. The van der Waals surface area contributed by atoms with Gasteiger partial charge in [-0.15, -0.1) is 0 Å². The van der Waals surface area contributed by atoms with Crippen LogP contribution in [0, 0.1) is 0 Å². The van der Waals surface area contributed by atoms with Crippen LogP contribution in [0.4, 0.5) is 0 Å². The van der Waals surface area contributed by atoms with Gasteiger partial charge >= 0.3 is 0 Å². The average Bonchev–Trinajstić information content (AvgIpc) is 3.42. The first-order chi connectivity index (χ1) is 25.1. The fraction of sp³-hybridized carbons (Fsp3) is 0.0588. The number of fused-ring (bicyclic) bond motifs is 15. The Morgan fingerprint density at radius 1 is 0.275 bits per heavy atom. The third-order valence-corrected chi connectivity index (χ3v) is 11.8. The van der Waals surface area contributed by atoms with E-state index in [0.29, 0.717) is 0 Å². The summed E-state index contributed by atoms with van der Waals surface area (Å²) in [5.41, 5.74) is 10.5. The van der Waals surface area contributed by atoms with Crippen LogP contribution < -0.4 is 0 Å². The summed E-state index contributed by atoms with van der Waals surface area (Å²) in [7, 11) is 0. The summed E-state index contributed by atoms with van der Waals surface area (Å²) in [6, 6.07) is 63.6. The second-order valence-corrected chi connectivity index (χ2v) is 14.8. The van der Waals surface area contributed by atoms with Gasteiger partial charge in [-0.05, 0) is 121 Å². The third-order valence-electron chi connectivity index (χ3n) is 11.8. The van der Waals surface area contributed by atoms with Gasteiger partial charge < -0.3 is 0 Å². The van der Waals surface area contributed by atoms with E-state index in [-0.39, 0.29) is 5.41 Å². The lowest BCUT2D eigenvalue weighted by molar-refractivity contribution is 0.660. The molecule has 0 N–H and O–H groups in total. The Morgan fingerprint density at radius 2 is 0.667 bits per heavy atom. The first-order valence-electron chi connectivity index (χ1n) is 18.0. The van der Waals surface area contributed by atoms with Crippen LogP contribution in [0.25, 0.3) is 98.0 Å². The molecule has 0 fully saturated rings. The minimum absolute atomic E-state index is 0.0365. The van der Waals surface area contributed by atoms with E-state index in [9.17, 15) is 0 Å². The van der Waals surface area contributed by atoms with Crippen molar-refractivity contribution in [3.8, 4) is 33.4 Å². The van der Waals surface area contributed by atoms with Crippen molar-refractivity contribution in [2.75, 3.05) is 0 Å². The highest BCUT2D eigenvalue weighted by atomic mass is 14.4. The molecule has 0 amide bonds. The Morgan fingerprint density at radius 3 is 1.25 bits per heavy atom. The fourth-order valence-electron chi connectivity index (χ4n) is 9.46. The maximum atomic E-state index is 2.46. The minimum Gasteiger partial charge on any atom is -0.0619 e. The zero-order valence-corrected chi connectivity index (χ0v) is 28.7. The molecule has 0 unspecified atom stereocenters. The van der Waals surface area contributed by atoms with Crippen molar-refractivity contribution in [2.24, 2.45) is 0 Å². The standard InChI is InChI=1S/C51H34/c1-51(2)47-22-12-11-18-41(47)42-26-24-32(30-48(42)51)34-28-27-33(35-13-3-4-14-36(34)35)31-23-25-40-39-17-7-9-20-44(39)49-43-19-8-5-15-37(43)38-16-6-10-21-45(38)50(49)46(40)29-31/h3-30H,1-2H3. The summed E-state index contributed by atoms with van der Waals surface area (Å²) in [5, 5.41) is 15.7. The largest absolute Gasteiger partial charge is 0.0619 e. The molecule has 0 aliphatic heterocycles. The molecule has 0 saturated heterocycles. The van der Waals surface area contributed by atoms with Crippen LogP contribution in [-0.2, 0) is 5.41 Å². The van der Waals surface area contributed by atoms with Gasteiger partial charge in [0.05, 0.1) is 0 Å². The predicted octanol–water partition coefficient (Wildman–Crippen LogP) is 14.2. The lowest BCUT2D eigenvalue weighted by Crippen LogP contribution is -2.14. The number of benzene rings is 10. The number of rotatable bonds is 2. The molecule has 0 heteroatoms.